The number of ether oxygens (including phenoxy) is 2. The second kappa shape index (κ2) is 11.3. The molecule has 0 spiro atoms. The third-order valence-electron chi connectivity index (χ3n) is 5.79. The second-order valence-corrected chi connectivity index (χ2v) is 9.55. The molecule has 13 heteroatoms. The van der Waals surface area contributed by atoms with Gasteiger partial charge in [0.15, 0.2) is 5.69 Å². The van der Waals surface area contributed by atoms with Gasteiger partial charge in [0.25, 0.3) is 5.91 Å². The zero-order valence-corrected chi connectivity index (χ0v) is 20.8. The van der Waals surface area contributed by atoms with Crippen molar-refractivity contribution in [3.05, 3.63) is 70.2 Å². The molecule has 1 aliphatic rings. The fourth-order valence-electron chi connectivity index (χ4n) is 3.97. The zero-order valence-electron chi connectivity index (χ0n) is 20.0. The summed E-state index contributed by atoms with van der Waals surface area (Å²) in [6, 6.07) is 10.9. The van der Waals surface area contributed by atoms with Crippen molar-refractivity contribution in [2.45, 2.75) is 32.0 Å². The molecule has 1 N–H and O–H groups in total. The Labute approximate surface area is 218 Å². The smallest absolute Gasteiger partial charge is 0.406 e. The van der Waals surface area contributed by atoms with Gasteiger partial charge < -0.3 is 14.8 Å². The van der Waals surface area contributed by atoms with Crippen LogP contribution in [-0.4, -0.2) is 48.5 Å². The number of nitrogens with zero attached hydrogens (tertiary/aromatic N) is 2. The number of alkyl halides is 6. The van der Waals surface area contributed by atoms with Crippen molar-refractivity contribution >= 4 is 17.2 Å². The van der Waals surface area contributed by atoms with Gasteiger partial charge >= 0.3 is 12.5 Å². The minimum atomic E-state index is -4.91. The molecule has 38 heavy (non-hydrogen) atoms. The molecule has 2 heterocycles. The molecule has 0 bridgehead atoms. The molecule has 0 aliphatic carbocycles. The zero-order chi connectivity index (χ0) is 27.5. The van der Waals surface area contributed by atoms with E-state index in [4.69, 9.17) is 4.74 Å². The average molecular weight is 560 g/mol. The molecular formula is C25H23F6N3O3S. The highest BCUT2D eigenvalue weighted by molar-refractivity contribution is 7.17. The summed E-state index contributed by atoms with van der Waals surface area (Å²) in [5.41, 5.74) is 0.143. The molecule has 0 radical (unpaired) electrons. The quantitative estimate of drug-likeness (QED) is 0.357. The maximum absolute atomic E-state index is 13.9. The van der Waals surface area contributed by atoms with Gasteiger partial charge in [-0.2, -0.15) is 13.2 Å². The molecule has 1 aliphatic heterocycles. The number of thiazole rings is 1. The summed E-state index contributed by atoms with van der Waals surface area (Å²) in [4.78, 5) is 18.3. The van der Waals surface area contributed by atoms with Crippen LogP contribution in [0.15, 0.2) is 48.5 Å². The van der Waals surface area contributed by atoms with E-state index in [0.717, 1.165) is 17.7 Å². The van der Waals surface area contributed by atoms with Gasteiger partial charge in [0, 0.05) is 25.2 Å². The van der Waals surface area contributed by atoms with Crippen LogP contribution >= 0.6 is 11.3 Å². The summed E-state index contributed by atoms with van der Waals surface area (Å²) in [6.45, 7) is 4.41. The molecule has 3 aromatic rings. The van der Waals surface area contributed by atoms with Crippen LogP contribution in [0.4, 0.5) is 26.3 Å². The van der Waals surface area contributed by atoms with Crippen LogP contribution < -0.4 is 10.1 Å². The number of morpholine rings is 1. The average Bonchev–Trinajstić information content (AvgIpc) is 3.30. The summed E-state index contributed by atoms with van der Waals surface area (Å²) in [7, 11) is 0. The van der Waals surface area contributed by atoms with Crippen LogP contribution in [0.1, 0.15) is 39.5 Å². The molecule has 6 nitrogen and oxygen atoms in total. The fourth-order valence-corrected chi connectivity index (χ4v) is 5.02. The van der Waals surface area contributed by atoms with E-state index in [-0.39, 0.29) is 10.6 Å². The van der Waals surface area contributed by atoms with E-state index >= 15 is 0 Å². The van der Waals surface area contributed by atoms with Crippen LogP contribution in [0.5, 0.6) is 5.75 Å². The predicted molar refractivity (Wildman–Crippen MR) is 128 cm³/mol. The fraction of sp³-hybridized carbons (Fsp3) is 0.360. The van der Waals surface area contributed by atoms with Gasteiger partial charge in [0.2, 0.25) is 0 Å². The lowest BCUT2D eigenvalue weighted by Crippen LogP contribution is -2.35. The Bertz CT molecular complexity index is 1270. The Morgan fingerprint density at radius 2 is 1.82 bits per heavy atom. The van der Waals surface area contributed by atoms with Crippen LogP contribution in [0.25, 0.3) is 10.6 Å². The van der Waals surface area contributed by atoms with Crippen molar-refractivity contribution in [3.63, 3.8) is 0 Å². The van der Waals surface area contributed by atoms with Crippen molar-refractivity contribution in [2.24, 2.45) is 0 Å². The Morgan fingerprint density at radius 1 is 1.11 bits per heavy atom. The van der Waals surface area contributed by atoms with E-state index in [9.17, 15) is 31.1 Å². The predicted octanol–water partition coefficient (Wildman–Crippen LogP) is 6.05. The number of carbonyl (C=O) groups is 1. The number of rotatable bonds is 7. The van der Waals surface area contributed by atoms with Crippen LogP contribution in [0.3, 0.4) is 0 Å². The topological polar surface area (TPSA) is 63.7 Å². The summed E-state index contributed by atoms with van der Waals surface area (Å²) >= 11 is 0.612. The van der Waals surface area contributed by atoms with Gasteiger partial charge in [-0.25, -0.2) is 4.98 Å². The van der Waals surface area contributed by atoms with Gasteiger partial charge in [-0.15, -0.1) is 24.5 Å². The number of aromatic nitrogens is 1. The Morgan fingerprint density at radius 3 is 2.50 bits per heavy atom. The summed E-state index contributed by atoms with van der Waals surface area (Å²) in [5.74, 6) is -1.55. The highest BCUT2D eigenvalue weighted by Crippen LogP contribution is 2.39. The lowest BCUT2D eigenvalue weighted by atomic mass is 10.1. The van der Waals surface area contributed by atoms with E-state index in [2.05, 4.69) is 19.9 Å². The molecule has 1 fully saturated rings. The molecule has 1 atom stereocenters. The van der Waals surface area contributed by atoms with E-state index in [0.29, 0.717) is 49.7 Å². The summed E-state index contributed by atoms with van der Waals surface area (Å²) in [5, 5.41) is 2.47. The first-order valence-corrected chi connectivity index (χ1v) is 12.4. The van der Waals surface area contributed by atoms with Crippen molar-refractivity contribution in [2.75, 3.05) is 26.3 Å². The van der Waals surface area contributed by atoms with Crippen molar-refractivity contribution < 1.29 is 40.6 Å². The molecule has 1 unspecified atom stereocenters. The van der Waals surface area contributed by atoms with Gasteiger partial charge in [-0.1, -0.05) is 36.4 Å². The van der Waals surface area contributed by atoms with E-state index in [1.165, 1.54) is 19.1 Å². The normalized spacial score (nSPS) is 15.8. The van der Waals surface area contributed by atoms with Gasteiger partial charge in [0.1, 0.15) is 15.6 Å². The number of amides is 1. The van der Waals surface area contributed by atoms with Gasteiger partial charge in [-0.3, -0.25) is 9.69 Å². The first-order valence-electron chi connectivity index (χ1n) is 11.5. The number of hydrogen-bond donors (Lipinski definition) is 1. The number of hydrogen-bond acceptors (Lipinski definition) is 6. The van der Waals surface area contributed by atoms with Crippen molar-refractivity contribution in [1.29, 1.82) is 0 Å². The van der Waals surface area contributed by atoms with Gasteiger partial charge in [0.05, 0.1) is 19.3 Å². The number of nitrogens with one attached hydrogen (secondary N) is 1. The minimum absolute atomic E-state index is 0.0413. The van der Waals surface area contributed by atoms with E-state index < -0.39 is 40.8 Å². The van der Waals surface area contributed by atoms with Crippen molar-refractivity contribution in [3.8, 4) is 16.3 Å². The third-order valence-corrected chi connectivity index (χ3v) is 6.87. The lowest BCUT2D eigenvalue weighted by molar-refractivity contribution is -0.274. The maximum Gasteiger partial charge on any atom is 0.573 e. The molecule has 0 saturated carbocycles. The number of carbonyl (C=O) groups excluding carboxylic acids is 1. The van der Waals surface area contributed by atoms with E-state index in [1.54, 1.807) is 24.3 Å². The highest BCUT2D eigenvalue weighted by Gasteiger charge is 2.40. The monoisotopic (exact) mass is 559 g/mol. The van der Waals surface area contributed by atoms with Crippen molar-refractivity contribution in [1.82, 2.24) is 15.2 Å². The standard InChI is InChI=1S/C25H23F6N3O3S/c1-15(16-6-4-7-18(13-16)37-25(29,30)31)32-22(35)20-21(24(26,27)28)33-23(38-20)19-8-3-2-5-17(19)14-34-9-11-36-12-10-34/h2-8,13,15H,9-12,14H2,1H3,(H,32,35). The Hall–Kier alpha value is -3.16. The Kier molecular flexibility index (Phi) is 8.28. The van der Waals surface area contributed by atoms with Gasteiger partial charge in [-0.05, 0) is 30.2 Å². The van der Waals surface area contributed by atoms with Crippen LogP contribution in [-0.2, 0) is 17.5 Å². The molecule has 2 aromatic carbocycles. The number of benzene rings is 2. The largest absolute Gasteiger partial charge is 0.573 e. The maximum atomic E-state index is 13.9. The SMILES string of the molecule is CC(NC(=O)c1sc(-c2ccccc2CN2CCOCC2)nc1C(F)(F)F)c1cccc(OC(F)(F)F)c1. The Balaban J connectivity index is 1.60. The first-order chi connectivity index (χ1) is 17.9. The lowest BCUT2D eigenvalue weighted by Gasteiger charge is -2.27. The van der Waals surface area contributed by atoms with E-state index in [1.807, 2.05) is 0 Å². The molecule has 204 valence electrons. The van der Waals surface area contributed by atoms with Crippen LogP contribution in [0, 0.1) is 0 Å². The number of halogens is 6. The molecule has 4 rings (SSSR count). The molecular weight excluding hydrogens is 536 g/mol. The molecule has 1 saturated heterocycles. The first kappa shape index (κ1) is 27.9. The molecule has 1 amide bonds. The highest BCUT2D eigenvalue weighted by atomic mass is 32.1. The second-order valence-electron chi connectivity index (χ2n) is 8.56. The summed E-state index contributed by atoms with van der Waals surface area (Å²) < 4.78 is 88.6. The minimum Gasteiger partial charge on any atom is -0.406 e. The molecule has 1 aromatic heterocycles. The van der Waals surface area contributed by atoms with Crippen LogP contribution in [0.2, 0.25) is 0 Å². The third kappa shape index (κ3) is 7.03. The summed E-state index contributed by atoms with van der Waals surface area (Å²) in [6.07, 6.45) is -9.81.